The lowest BCUT2D eigenvalue weighted by molar-refractivity contribution is -0.136. The molecule has 2 saturated heterocycles. The van der Waals surface area contributed by atoms with E-state index in [2.05, 4.69) is 20.2 Å². The van der Waals surface area contributed by atoms with Gasteiger partial charge in [0.15, 0.2) is 17.3 Å². The Morgan fingerprint density at radius 3 is 2.65 bits per heavy atom. The van der Waals surface area contributed by atoms with Gasteiger partial charge in [-0.05, 0) is 31.0 Å². The predicted molar refractivity (Wildman–Crippen MR) is 150 cm³/mol. The van der Waals surface area contributed by atoms with Gasteiger partial charge in [0, 0.05) is 51.1 Å². The second-order valence-electron chi connectivity index (χ2n) is 9.97. The van der Waals surface area contributed by atoms with Crippen LogP contribution in [-0.4, -0.2) is 95.5 Å². The molecule has 1 unspecified atom stereocenters. The van der Waals surface area contributed by atoms with E-state index in [9.17, 15) is 14.0 Å². The number of amides is 2. The SMILES string of the molecule is COc1cc2ncnc(Nc3cccc(Cl)c3F)c2cc1OC1CCCN(C(=O)CN2CCN(C(C)=O)CC2)C1. The first-order chi connectivity index (χ1) is 19.3. The summed E-state index contributed by atoms with van der Waals surface area (Å²) in [7, 11) is 1.55. The summed E-state index contributed by atoms with van der Waals surface area (Å²) in [5.41, 5.74) is 0.782. The molecule has 0 spiro atoms. The molecule has 1 atom stereocenters. The van der Waals surface area contributed by atoms with E-state index >= 15 is 0 Å². The Morgan fingerprint density at radius 2 is 1.90 bits per heavy atom. The highest BCUT2D eigenvalue weighted by molar-refractivity contribution is 6.31. The molecule has 40 heavy (non-hydrogen) atoms. The highest BCUT2D eigenvalue weighted by Gasteiger charge is 2.28. The summed E-state index contributed by atoms with van der Waals surface area (Å²) >= 11 is 5.95. The molecule has 5 rings (SSSR count). The third kappa shape index (κ3) is 6.20. The van der Waals surface area contributed by atoms with Gasteiger partial charge in [0.1, 0.15) is 18.2 Å². The quantitative estimate of drug-likeness (QED) is 0.459. The zero-order valence-corrected chi connectivity index (χ0v) is 23.3. The number of fused-ring (bicyclic) bond motifs is 1. The van der Waals surface area contributed by atoms with E-state index < -0.39 is 5.82 Å². The van der Waals surface area contributed by atoms with E-state index in [0.29, 0.717) is 74.0 Å². The predicted octanol–water partition coefficient (Wildman–Crippen LogP) is 3.71. The first kappa shape index (κ1) is 27.9. The Bertz CT molecular complexity index is 1400. The molecule has 2 aliphatic rings. The van der Waals surface area contributed by atoms with Crippen LogP contribution in [-0.2, 0) is 9.59 Å². The number of carbonyl (C=O) groups is 2. The van der Waals surface area contributed by atoms with Crippen LogP contribution < -0.4 is 14.8 Å². The minimum absolute atomic E-state index is 0.00349. The summed E-state index contributed by atoms with van der Waals surface area (Å²) in [6, 6.07) is 8.22. The number of benzene rings is 2. The van der Waals surface area contributed by atoms with Crippen molar-refractivity contribution in [2.75, 3.05) is 58.2 Å². The molecule has 2 aliphatic heterocycles. The summed E-state index contributed by atoms with van der Waals surface area (Å²) in [6.07, 6.45) is 2.75. The molecule has 12 heteroatoms. The number of halogens is 2. The molecule has 1 aromatic heterocycles. The molecule has 0 radical (unpaired) electrons. The number of ether oxygens (including phenoxy) is 2. The summed E-state index contributed by atoms with van der Waals surface area (Å²) < 4.78 is 26.5. The molecular weight excluding hydrogens is 539 g/mol. The van der Waals surface area contributed by atoms with E-state index in [1.54, 1.807) is 43.2 Å². The molecule has 2 aromatic carbocycles. The lowest BCUT2D eigenvalue weighted by atomic mass is 10.1. The Hall–Kier alpha value is -3.70. The van der Waals surface area contributed by atoms with Gasteiger partial charge in [0.25, 0.3) is 0 Å². The van der Waals surface area contributed by atoms with Crippen LogP contribution in [0.1, 0.15) is 19.8 Å². The van der Waals surface area contributed by atoms with Gasteiger partial charge in [-0.1, -0.05) is 17.7 Å². The molecule has 0 bridgehead atoms. The van der Waals surface area contributed by atoms with E-state index in [1.807, 2.05) is 4.90 Å². The Morgan fingerprint density at radius 1 is 1.10 bits per heavy atom. The second kappa shape index (κ2) is 12.2. The van der Waals surface area contributed by atoms with Gasteiger partial charge in [-0.2, -0.15) is 0 Å². The molecular formula is C28H32ClFN6O4. The summed E-state index contributed by atoms with van der Waals surface area (Å²) in [6.45, 7) is 5.68. The Kier molecular flexibility index (Phi) is 8.51. The van der Waals surface area contributed by atoms with Gasteiger partial charge in [0.05, 0.1) is 36.4 Å². The standard InChI is InChI=1S/C28H32ClFN6O4/c1-18(37)35-11-9-34(10-12-35)16-26(38)36-8-4-5-19(15-36)40-25-13-20-23(14-24(25)39-2)31-17-32-28(20)33-22-7-3-6-21(29)27(22)30/h3,6-7,13-14,17,19H,4-5,8-12,15-16H2,1-2H3,(H,31,32,33). The number of rotatable bonds is 7. The van der Waals surface area contributed by atoms with Gasteiger partial charge >= 0.3 is 0 Å². The number of anilines is 2. The van der Waals surface area contributed by atoms with Crippen LogP contribution >= 0.6 is 11.6 Å². The minimum atomic E-state index is -0.575. The summed E-state index contributed by atoms with van der Waals surface area (Å²) in [5.74, 6) is 0.922. The zero-order valence-electron chi connectivity index (χ0n) is 22.5. The number of aromatic nitrogens is 2. The molecule has 0 aliphatic carbocycles. The van der Waals surface area contributed by atoms with Crippen LogP contribution in [0.15, 0.2) is 36.7 Å². The minimum Gasteiger partial charge on any atom is -0.493 e. The van der Waals surface area contributed by atoms with Crippen molar-refractivity contribution in [3.8, 4) is 11.5 Å². The van der Waals surface area contributed by atoms with Crippen LogP contribution in [0.25, 0.3) is 10.9 Å². The number of nitrogens with zero attached hydrogens (tertiary/aromatic N) is 5. The van der Waals surface area contributed by atoms with Crippen molar-refractivity contribution < 1.29 is 23.5 Å². The number of carbonyl (C=O) groups excluding carboxylic acids is 2. The zero-order chi connectivity index (χ0) is 28.2. The van der Waals surface area contributed by atoms with Crippen molar-refractivity contribution in [2.45, 2.75) is 25.9 Å². The molecule has 2 fully saturated rings. The van der Waals surface area contributed by atoms with Crippen molar-refractivity contribution in [2.24, 2.45) is 0 Å². The molecule has 3 heterocycles. The van der Waals surface area contributed by atoms with Crippen LogP contribution in [0.3, 0.4) is 0 Å². The van der Waals surface area contributed by atoms with Gasteiger partial charge < -0.3 is 24.6 Å². The lowest BCUT2D eigenvalue weighted by Crippen LogP contribution is -2.53. The third-order valence-electron chi connectivity index (χ3n) is 7.33. The number of hydrogen-bond donors (Lipinski definition) is 1. The summed E-state index contributed by atoms with van der Waals surface area (Å²) in [5, 5.41) is 3.63. The Balaban J connectivity index is 1.29. The molecule has 3 aromatic rings. The van der Waals surface area contributed by atoms with E-state index in [0.717, 1.165) is 12.8 Å². The number of nitrogens with one attached hydrogen (secondary N) is 1. The first-order valence-corrected chi connectivity index (χ1v) is 13.7. The van der Waals surface area contributed by atoms with Gasteiger partial charge in [-0.25, -0.2) is 14.4 Å². The fourth-order valence-electron chi connectivity index (χ4n) is 5.10. The number of methoxy groups -OCH3 is 1. The van der Waals surface area contributed by atoms with E-state index in [4.69, 9.17) is 21.1 Å². The fourth-order valence-corrected chi connectivity index (χ4v) is 5.27. The largest absolute Gasteiger partial charge is 0.493 e. The maximum atomic E-state index is 14.6. The van der Waals surface area contributed by atoms with Crippen molar-refractivity contribution in [1.29, 1.82) is 0 Å². The highest BCUT2D eigenvalue weighted by atomic mass is 35.5. The third-order valence-corrected chi connectivity index (χ3v) is 7.62. The molecule has 2 amide bonds. The molecule has 0 saturated carbocycles. The number of piperidine rings is 1. The number of hydrogen-bond acceptors (Lipinski definition) is 8. The van der Waals surface area contributed by atoms with Gasteiger partial charge in [0.2, 0.25) is 11.8 Å². The summed E-state index contributed by atoms with van der Waals surface area (Å²) in [4.78, 5) is 39.1. The van der Waals surface area contributed by atoms with Crippen molar-refractivity contribution in [3.63, 3.8) is 0 Å². The second-order valence-corrected chi connectivity index (χ2v) is 10.4. The molecule has 212 valence electrons. The first-order valence-electron chi connectivity index (χ1n) is 13.3. The maximum Gasteiger partial charge on any atom is 0.236 e. The van der Waals surface area contributed by atoms with Crippen molar-refractivity contribution >= 4 is 45.8 Å². The van der Waals surface area contributed by atoms with E-state index in [-0.39, 0.29) is 28.6 Å². The normalized spacial score (nSPS) is 18.1. The van der Waals surface area contributed by atoms with Crippen molar-refractivity contribution in [1.82, 2.24) is 24.7 Å². The molecule has 10 nitrogen and oxygen atoms in total. The Labute approximate surface area is 237 Å². The van der Waals surface area contributed by atoms with E-state index in [1.165, 1.54) is 12.4 Å². The number of likely N-dealkylation sites (tertiary alicyclic amines) is 1. The highest BCUT2D eigenvalue weighted by Crippen LogP contribution is 2.36. The average Bonchev–Trinajstić information content (AvgIpc) is 2.96. The lowest BCUT2D eigenvalue weighted by Gasteiger charge is -2.37. The van der Waals surface area contributed by atoms with Gasteiger partial charge in [-0.3, -0.25) is 14.5 Å². The average molecular weight is 571 g/mol. The molecule has 1 N–H and O–H groups in total. The van der Waals surface area contributed by atoms with Crippen LogP contribution in [0, 0.1) is 5.82 Å². The smallest absolute Gasteiger partial charge is 0.236 e. The maximum absolute atomic E-state index is 14.6. The van der Waals surface area contributed by atoms with Crippen LogP contribution in [0.4, 0.5) is 15.9 Å². The van der Waals surface area contributed by atoms with Crippen molar-refractivity contribution in [3.05, 3.63) is 47.5 Å². The van der Waals surface area contributed by atoms with Crippen LogP contribution in [0.2, 0.25) is 5.02 Å². The topological polar surface area (TPSA) is 100 Å². The van der Waals surface area contributed by atoms with Gasteiger partial charge in [-0.15, -0.1) is 0 Å². The monoisotopic (exact) mass is 570 g/mol. The van der Waals surface area contributed by atoms with Crippen LogP contribution in [0.5, 0.6) is 11.5 Å². The number of piperazine rings is 1. The fraction of sp³-hybridized carbons (Fsp3) is 0.429.